The second-order valence-electron chi connectivity index (χ2n) is 7.31. The van der Waals surface area contributed by atoms with Crippen molar-refractivity contribution in [2.24, 2.45) is 0 Å². The van der Waals surface area contributed by atoms with E-state index in [1.165, 1.54) is 10.1 Å². The Balaban J connectivity index is 1.43. The quantitative estimate of drug-likeness (QED) is 0.432. The van der Waals surface area contributed by atoms with Crippen LogP contribution in [0.15, 0.2) is 47.1 Å². The predicted molar refractivity (Wildman–Crippen MR) is 114 cm³/mol. The fraction of sp³-hybridized carbons (Fsp3) is 0.300. The van der Waals surface area contributed by atoms with Crippen molar-refractivity contribution >= 4 is 29.3 Å². The Bertz CT molecular complexity index is 1140. The number of fused-ring (bicyclic) bond motifs is 1. The van der Waals surface area contributed by atoms with Gasteiger partial charge in [0.2, 0.25) is 17.7 Å². The molecule has 9 nitrogen and oxygen atoms in total. The van der Waals surface area contributed by atoms with Crippen LogP contribution in [0.25, 0.3) is 17.4 Å². The largest absolute Gasteiger partial charge is 0.461 e. The van der Waals surface area contributed by atoms with Crippen LogP contribution in [0.1, 0.15) is 18.4 Å². The summed E-state index contributed by atoms with van der Waals surface area (Å²) in [5.74, 6) is 1.95. The molecule has 0 spiro atoms. The third-order valence-corrected chi connectivity index (χ3v) is 5.49. The maximum Gasteiger partial charge on any atom is 0.259 e. The van der Waals surface area contributed by atoms with Gasteiger partial charge in [0, 0.05) is 17.1 Å². The number of nitrogen functional groups attached to an aromatic ring is 1. The summed E-state index contributed by atoms with van der Waals surface area (Å²) in [5, 5.41) is 12.1. The molecule has 1 aliphatic rings. The van der Waals surface area contributed by atoms with E-state index in [0.717, 1.165) is 30.8 Å². The topological polar surface area (TPSA) is 119 Å². The minimum absolute atomic E-state index is 0.0861. The van der Waals surface area contributed by atoms with Crippen molar-refractivity contribution in [2.45, 2.75) is 31.3 Å². The molecule has 10 heteroatoms. The number of aromatic nitrogens is 5. The van der Waals surface area contributed by atoms with E-state index in [1.807, 2.05) is 24.3 Å². The summed E-state index contributed by atoms with van der Waals surface area (Å²) < 4.78 is 6.77. The summed E-state index contributed by atoms with van der Waals surface area (Å²) in [7, 11) is 0. The first-order chi connectivity index (χ1) is 14.7. The van der Waals surface area contributed by atoms with Crippen LogP contribution < -0.4 is 16.4 Å². The summed E-state index contributed by atoms with van der Waals surface area (Å²) in [6, 6.07) is 11.8. The van der Waals surface area contributed by atoms with E-state index in [0.29, 0.717) is 29.4 Å². The smallest absolute Gasteiger partial charge is 0.259 e. The summed E-state index contributed by atoms with van der Waals surface area (Å²) >= 11 is 6.03. The maximum atomic E-state index is 6.13. The fourth-order valence-corrected chi connectivity index (χ4v) is 3.90. The van der Waals surface area contributed by atoms with Gasteiger partial charge in [-0.3, -0.25) is 0 Å². The highest BCUT2D eigenvalue weighted by molar-refractivity contribution is 6.30. The second-order valence-corrected chi connectivity index (χ2v) is 7.75. The monoisotopic (exact) mass is 424 g/mol. The van der Waals surface area contributed by atoms with Gasteiger partial charge in [-0.15, -0.1) is 5.10 Å². The Morgan fingerprint density at radius 3 is 2.83 bits per heavy atom. The minimum atomic E-state index is 0.0861. The van der Waals surface area contributed by atoms with E-state index >= 15 is 0 Å². The number of nitrogens with zero attached hydrogens (tertiary/aromatic N) is 5. The van der Waals surface area contributed by atoms with Crippen LogP contribution in [0, 0.1) is 0 Å². The molecule has 2 atom stereocenters. The highest BCUT2D eigenvalue weighted by atomic mass is 35.5. The summed E-state index contributed by atoms with van der Waals surface area (Å²) in [5.41, 5.74) is 7.31. The molecular weight excluding hydrogens is 404 g/mol. The number of nitrogens with two attached hydrogens (primary N) is 1. The molecular formula is C20H21ClN8O. The molecule has 1 saturated heterocycles. The number of benzene rings is 1. The van der Waals surface area contributed by atoms with Crippen molar-refractivity contribution in [1.29, 1.82) is 0 Å². The average molecular weight is 425 g/mol. The van der Waals surface area contributed by atoms with Crippen molar-refractivity contribution in [2.75, 3.05) is 17.6 Å². The summed E-state index contributed by atoms with van der Waals surface area (Å²) in [6.07, 6.45) is 4.59. The Morgan fingerprint density at radius 2 is 2.10 bits per heavy atom. The molecule has 0 aliphatic carbocycles. The molecule has 0 radical (unpaired) electrons. The van der Waals surface area contributed by atoms with Gasteiger partial charge < -0.3 is 20.8 Å². The van der Waals surface area contributed by atoms with E-state index in [-0.39, 0.29) is 12.0 Å². The molecule has 0 bridgehead atoms. The van der Waals surface area contributed by atoms with E-state index < -0.39 is 0 Å². The molecule has 1 aromatic carbocycles. The van der Waals surface area contributed by atoms with Crippen LogP contribution >= 0.6 is 11.6 Å². The van der Waals surface area contributed by atoms with Gasteiger partial charge in [0.05, 0.1) is 6.26 Å². The van der Waals surface area contributed by atoms with Crippen LogP contribution in [0.5, 0.6) is 0 Å². The van der Waals surface area contributed by atoms with Crippen molar-refractivity contribution in [3.63, 3.8) is 0 Å². The first kappa shape index (κ1) is 18.8. The van der Waals surface area contributed by atoms with Crippen LogP contribution in [-0.2, 0) is 6.42 Å². The van der Waals surface area contributed by atoms with E-state index in [2.05, 4.69) is 30.7 Å². The van der Waals surface area contributed by atoms with Crippen LogP contribution in [-0.4, -0.2) is 43.2 Å². The van der Waals surface area contributed by atoms with Gasteiger partial charge in [0.1, 0.15) is 0 Å². The van der Waals surface area contributed by atoms with Crippen molar-refractivity contribution < 1.29 is 4.42 Å². The summed E-state index contributed by atoms with van der Waals surface area (Å²) in [4.78, 5) is 13.4. The summed E-state index contributed by atoms with van der Waals surface area (Å²) in [6.45, 7) is 1.00. The number of furan rings is 1. The number of nitrogens with one attached hydrogen (secondary N) is 2. The third kappa shape index (κ3) is 3.81. The first-order valence-electron chi connectivity index (χ1n) is 9.84. The molecule has 5 rings (SSSR count). The maximum absolute atomic E-state index is 6.13. The Hall–Kier alpha value is -3.17. The predicted octanol–water partition coefficient (Wildman–Crippen LogP) is 2.79. The molecule has 2 unspecified atom stereocenters. The van der Waals surface area contributed by atoms with E-state index in [1.54, 1.807) is 18.4 Å². The van der Waals surface area contributed by atoms with Crippen LogP contribution in [0.4, 0.5) is 11.9 Å². The lowest BCUT2D eigenvalue weighted by atomic mass is 9.98. The number of halogens is 1. The SMILES string of the molecule is Nc1nc(NC(Cc2ccc(Cl)cc2)C2CCCN2)nc2nc(-c3ccco3)nn12. The fourth-order valence-electron chi connectivity index (χ4n) is 3.77. The lowest BCUT2D eigenvalue weighted by molar-refractivity contribution is 0.504. The van der Waals surface area contributed by atoms with Crippen molar-refractivity contribution in [3.05, 3.63) is 53.2 Å². The lowest BCUT2D eigenvalue weighted by Crippen LogP contribution is -2.42. The molecule has 0 saturated carbocycles. The zero-order valence-electron chi connectivity index (χ0n) is 16.1. The first-order valence-corrected chi connectivity index (χ1v) is 10.2. The van der Waals surface area contributed by atoms with E-state index in [9.17, 15) is 0 Å². The molecule has 1 aliphatic heterocycles. The Labute approximate surface area is 177 Å². The molecule has 0 amide bonds. The Morgan fingerprint density at radius 1 is 1.23 bits per heavy atom. The Kier molecular flexibility index (Phi) is 4.97. The zero-order valence-corrected chi connectivity index (χ0v) is 16.9. The lowest BCUT2D eigenvalue weighted by Gasteiger charge is -2.25. The van der Waals surface area contributed by atoms with Gasteiger partial charge in [-0.25, -0.2) is 0 Å². The molecule has 1 fully saturated rings. The normalized spacial score (nSPS) is 17.4. The van der Waals surface area contributed by atoms with Gasteiger partial charge in [-0.05, 0) is 55.6 Å². The zero-order chi connectivity index (χ0) is 20.5. The van der Waals surface area contributed by atoms with Gasteiger partial charge >= 0.3 is 0 Å². The molecule has 154 valence electrons. The van der Waals surface area contributed by atoms with E-state index in [4.69, 9.17) is 21.8 Å². The van der Waals surface area contributed by atoms with Crippen LogP contribution in [0.2, 0.25) is 5.02 Å². The molecule has 30 heavy (non-hydrogen) atoms. The standard InChI is InChI=1S/C20H21ClN8O/c21-13-7-5-12(6-8-13)11-15(14-3-1-9-23-14)24-19-26-18(22)29-20(27-19)25-17(28-29)16-4-2-10-30-16/h2,4-8,10,14-15,23H,1,3,9,11H2,(H3,22,24,25,26,27,28). The molecule has 4 aromatic rings. The third-order valence-electron chi connectivity index (χ3n) is 5.24. The van der Waals surface area contributed by atoms with Crippen LogP contribution in [0.3, 0.4) is 0 Å². The van der Waals surface area contributed by atoms with Gasteiger partial charge in [0.25, 0.3) is 5.78 Å². The highest BCUT2D eigenvalue weighted by Gasteiger charge is 2.26. The second kappa shape index (κ2) is 7.92. The average Bonchev–Trinajstić information content (AvgIpc) is 3.50. The molecule has 4 heterocycles. The number of hydrogen-bond donors (Lipinski definition) is 3. The van der Waals surface area contributed by atoms with Gasteiger partial charge in [-0.1, -0.05) is 23.7 Å². The molecule has 4 N–H and O–H groups in total. The highest BCUT2D eigenvalue weighted by Crippen LogP contribution is 2.21. The van der Waals surface area contributed by atoms with Crippen molar-refractivity contribution in [1.82, 2.24) is 29.9 Å². The van der Waals surface area contributed by atoms with Crippen molar-refractivity contribution in [3.8, 4) is 11.6 Å². The number of hydrogen-bond acceptors (Lipinski definition) is 8. The minimum Gasteiger partial charge on any atom is -0.461 e. The number of anilines is 2. The number of rotatable bonds is 6. The van der Waals surface area contributed by atoms with Gasteiger partial charge in [0.15, 0.2) is 5.76 Å². The molecule has 3 aromatic heterocycles. The van der Waals surface area contributed by atoms with Gasteiger partial charge in [-0.2, -0.15) is 19.5 Å².